The Morgan fingerprint density at radius 2 is 2.10 bits per heavy atom. The summed E-state index contributed by atoms with van der Waals surface area (Å²) in [7, 11) is 0. The average Bonchev–Trinajstić information content (AvgIpc) is 2.96. The zero-order chi connectivity index (χ0) is 14.7. The fourth-order valence-corrected chi connectivity index (χ4v) is 1.86. The van der Waals surface area contributed by atoms with Crippen molar-refractivity contribution in [1.29, 1.82) is 0 Å². The van der Waals surface area contributed by atoms with Crippen LogP contribution >= 0.6 is 0 Å². The van der Waals surface area contributed by atoms with Crippen LogP contribution in [0, 0.1) is 13.8 Å². The number of amides is 1. The standard InChI is InChI=1S/C13H16N4O3/c1-4-20-13(19)11-8(3)14-6-10(11)16-12(18)9-5-15-17-7(9)2/h5-6,14H,4H2,1-3H3,(H,15,17)(H,16,18). The lowest BCUT2D eigenvalue weighted by Crippen LogP contribution is -2.15. The predicted octanol–water partition coefficient (Wildman–Crippen LogP) is 1.78. The van der Waals surface area contributed by atoms with Crippen molar-refractivity contribution in [3.63, 3.8) is 0 Å². The number of nitrogens with zero attached hydrogens (tertiary/aromatic N) is 1. The van der Waals surface area contributed by atoms with Crippen molar-refractivity contribution < 1.29 is 14.3 Å². The number of hydrogen-bond acceptors (Lipinski definition) is 4. The van der Waals surface area contributed by atoms with Gasteiger partial charge in [-0.2, -0.15) is 5.10 Å². The summed E-state index contributed by atoms with van der Waals surface area (Å²) < 4.78 is 4.98. The minimum Gasteiger partial charge on any atom is -0.462 e. The van der Waals surface area contributed by atoms with Crippen LogP contribution in [0.15, 0.2) is 12.4 Å². The van der Waals surface area contributed by atoms with E-state index in [-0.39, 0.29) is 12.5 Å². The summed E-state index contributed by atoms with van der Waals surface area (Å²) in [5, 5.41) is 9.16. The van der Waals surface area contributed by atoms with Crippen molar-refractivity contribution in [3.8, 4) is 0 Å². The molecule has 0 spiro atoms. The number of nitrogens with one attached hydrogen (secondary N) is 3. The van der Waals surface area contributed by atoms with Gasteiger partial charge in [0.25, 0.3) is 5.91 Å². The van der Waals surface area contributed by atoms with Crippen LogP contribution in [0.5, 0.6) is 0 Å². The van der Waals surface area contributed by atoms with E-state index in [4.69, 9.17) is 4.74 Å². The second-order valence-corrected chi connectivity index (χ2v) is 4.29. The molecule has 0 radical (unpaired) electrons. The van der Waals surface area contributed by atoms with Gasteiger partial charge in [-0.15, -0.1) is 0 Å². The molecule has 7 nitrogen and oxygen atoms in total. The number of anilines is 1. The molecular formula is C13H16N4O3. The molecule has 0 atom stereocenters. The van der Waals surface area contributed by atoms with Crippen LogP contribution in [-0.4, -0.2) is 33.7 Å². The number of rotatable bonds is 4. The lowest BCUT2D eigenvalue weighted by Gasteiger charge is -2.06. The second kappa shape index (κ2) is 5.60. The molecule has 3 N–H and O–H groups in total. The van der Waals surface area contributed by atoms with Gasteiger partial charge in [-0.05, 0) is 20.8 Å². The lowest BCUT2D eigenvalue weighted by atomic mass is 10.2. The molecule has 0 aliphatic heterocycles. The van der Waals surface area contributed by atoms with Gasteiger partial charge >= 0.3 is 5.97 Å². The SMILES string of the molecule is CCOC(=O)c1c(NC(=O)c2cn[nH]c2C)c[nH]c1C. The van der Waals surface area contributed by atoms with Crippen molar-refractivity contribution in [2.24, 2.45) is 0 Å². The molecule has 0 bridgehead atoms. The summed E-state index contributed by atoms with van der Waals surface area (Å²) in [6.07, 6.45) is 3.00. The maximum atomic E-state index is 12.1. The highest BCUT2D eigenvalue weighted by Crippen LogP contribution is 2.21. The van der Waals surface area contributed by atoms with Gasteiger partial charge in [0.1, 0.15) is 5.56 Å². The van der Waals surface area contributed by atoms with Crippen molar-refractivity contribution in [3.05, 3.63) is 34.9 Å². The summed E-state index contributed by atoms with van der Waals surface area (Å²) in [5.41, 5.74) is 2.46. The fraction of sp³-hybridized carbons (Fsp3) is 0.308. The number of hydrogen-bond donors (Lipinski definition) is 3. The Morgan fingerprint density at radius 3 is 2.70 bits per heavy atom. The van der Waals surface area contributed by atoms with E-state index in [2.05, 4.69) is 20.5 Å². The van der Waals surface area contributed by atoms with E-state index in [1.165, 1.54) is 6.20 Å². The Bertz CT molecular complexity index is 642. The number of aromatic nitrogens is 3. The molecule has 2 aromatic rings. The first-order chi connectivity index (χ1) is 9.54. The smallest absolute Gasteiger partial charge is 0.342 e. The molecule has 0 fully saturated rings. The van der Waals surface area contributed by atoms with Gasteiger partial charge in [-0.1, -0.05) is 0 Å². The van der Waals surface area contributed by atoms with E-state index in [0.29, 0.717) is 28.2 Å². The van der Waals surface area contributed by atoms with Gasteiger partial charge in [0.15, 0.2) is 0 Å². The summed E-state index contributed by atoms with van der Waals surface area (Å²) in [4.78, 5) is 26.9. The van der Waals surface area contributed by atoms with Gasteiger partial charge in [0, 0.05) is 17.6 Å². The van der Waals surface area contributed by atoms with E-state index in [1.54, 1.807) is 27.0 Å². The second-order valence-electron chi connectivity index (χ2n) is 4.29. The Labute approximate surface area is 115 Å². The maximum Gasteiger partial charge on any atom is 0.342 e. The van der Waals surface area contributed by atoms with Crippen LogP contribution in [0.2, 0.25) is 0 Å². The topological polar surface area (TPSA) is 99.9 Å². The maximum absolute atomic E-state index is 12.1. The monoisotopic (exact) mass is 276 g/mol. The highest BCUT2D eigenvalue weighted by atomic mass is 16.5. The third-order valence-corrected chi connectivity index (χ3v) is 2.88. The molecule has 2 heterocycles. The third-order valence-electron chi connectivity index (χ3n) is 2.88. The Morgan fingerprint density at radius 1 is 1.35 bits per heavy atom. The molecule has 2 aromatic heterocycles. The van der Waals surface area contributed by atoms with Gasteiger partial charge in [-0.25, -0.2) is 4.79 Å². The highest BCUT2D eigenvalue weighted by Gasteiger charge is 2.20. The normalized spacial score (nSPS) is 10.3. The Kier molecular flexibility index (Phi) is 3.88. The van der Waals surface area contributed by atoms with Gasteiger partial charge in [0.2, 0.25) is 0 Å². The van der Waals surface area contributed by atoms with E-state index < -0.39 is 5.97 Å². The molecule has 0 aliphatic carbocycles. The van der Waals surface area contributed by atoms with E-state index >= 15 is 0 Å². The Hall–Kier alpha value is -2.57. The van der Waals surface area contributed by atoms with Crippen LogP contribution in [0.1, 0.15) is 39.0 Å². The molecule has 0 saturated heterocycles. The molecule has 0 aliphatic rings. The van der Waals surface area contributed by atoms with Gasteiger partial charge in [-0.3, -0.25) is 9.89 Å². The third kappa shape index (κ3) is 2.56. The predicted molar refractivity (Wildman–Crippen MR) is 72.8 cm³/mol. The number of carbonyl (C=O) groups is 2. The molecule has 20 heavy (non-hydrogen) atoms. The largest absolute Gasteiger partial charge is 0.462 e. The number of aromatic amines is 2. The first kappa shape index (κ1) is 13.9. The molecule has 0 unspecified atom stereocenters. The molecule has 0 saturated carbocycles. The summed E-state index contributed by atoms with van der Waals surface area (Å²) in [6, 6.07) is 0. The zero-order valence-electron chi connectivity index (χ0n) is 11.5. The minimum atomic E-state index is -0.467. The first-order valence-corrected chi connectivity index (χ1v) is 6.21. The van der Waals surface area contributed by atoms with Gasteiger partial charge in [0.05, 0.1) is 24.1 Å². The summed E-state index contributed by atoms with van der Waals surface area (Å²) >= 11 is 0. The molecule has 7 heteroatoms. The van der Waals surface area contributed by atoms with Crippen LogP contribution in [-0.2, 0) is 4.74 Å². The average molecular weight is 276 g/mol. The van der Waals surface area contributed by atoms with Crippen LogP contribution in [0.3, 0.4) is 0 Å². The molecule has 1 amide bonds. The zero-order valence-corrected chi connectivity index (χ0v) is 11.5. The lowest BCUT2D eigenvalue weighted by molar-refractivity contribution is 0.0527. The van der Waals surface area contributed by atoms with Crippen LogP contribution in [0.25, 0.3) is 0 Å². The number of ether oxygens (including phenoxy) is 1. The van der Waals surface area contributed by atoms with E-state index in [9.17, 15) is 9.59 Å². The van der Waals surface area contributed by atoms with Crippen LogP contribution in [0.4, 0.5) is 5.69 Å². The molecule has 2 rings (SSSR count). The molecule has 0 aromatic carbocycles. The van der Waals surface area contributed by atoms with Crippen molar-refractivity contribution in [2.75, 3.05) is 11.9 Å². The number of carbonyl (C=O) groups excluding carboxylic acids is 2. The quantitative estimate of drug-likeness (QED) is 0.741. The number of aryl methyl sites for hydroxylation is 2. The first-order valence-electron chi connectivity index (χ1n) is 6.21. The van der Waals surface area contributed by atoms with E-state index in [0.717, 1.165) is 0 Å². The Balaban J connectivity index is 2.24. The molecular weight excluding hydrogens is 260 g/mol. The minimum absolute atomic E-state index is 0.275. The van der Waals surface area contributed by atoms with Crippen molar-refractivity contribution in [1.82, 2.24) is 15.2 Å². The van der Waals surface area contributed by atoms with Crippen LogP contribution < -0.4 is 5.32 Å². The summed E-state index contributed by atoms with van der Waals surface area (Å²) in [6.45, 7) is 5.49. The van der Waals surface area contributed by atoms with E-state index in [1.807, 2.05) is 0 Å². The number of esters is 1. The molecule has 106 valence electrons. The summed E-state index contributed by atoms with van der Waals surface area (Å²) in [5.74, 6) is -0.800. The number of H-pyrrole nitrogens is 2. The van der Waals surface area contributed by atoms with Crippen molar-refractivity contribution >= 4 is 17.6 Å². The fourth-order valence-electron chi connectivity index (χ4n) is 1.86. The van der Waals surface area contributed by atoms with Gasteiger partial charge < -0.3 is 15.0 Å². The highest BCUT2D eigenvalue weighted by molar-refractivity contribution is 6.08. The van der Waals surface area contributed by atoms with Crippen molar-refractivity contribution in [2.45, 2.75) is 20.8 Å².